The summed E-state index contributed by atoms with van der Waals surface area (Å²) in [5.41, 5.74) is 0. The van der Waals surface area contributed by atoms with Gasteiger partial charge in [0.25, 0.3) is 0 Å². The third-order valence-electron chi connectivity index (χ3n) is 1.45. The van der Waals surface area contributed by atoms with E-state index in [-0.39, 0.29) is 0 Å². The molecule has 0 spiro atoms. The van der Waals surface area contributed by atoms with Gasteiger partial charge < -0.3 is 9.47 Å². The van der Waals surface area contributed by atoms with Crippen molar-refractivity contribution in [2.75, 3.05) is 14.2 Å². The van der Waals surface area contributed by atoms with Crippen LogP contribution in [0.5, 0.6) is 11.5 Å². The van der Waals surface area contributed by atoms with Crippen LogP contribution in [0.15, 0.2) is 17.0 Å². The Morgan fingerprint density at radius 3 is 2.17 bits per heavy atom. The second-order valence-electron chi connectivity index (χ2n) is 2.16. The van der Waals surface area contributed by atoms with Gasteiger partial charge in [-0.3, -0.25) is 0 Å². The average Bonchev–Trinajstić information content (AvgIpc) is 2.09. The zero-order valence-electron chi connectivity index (χ0n) is 6.80. The number of methoxy groups -OCH3 is 2. The monoisotopic (exact) mass is 296 g/mol. The van der Waals surface area contributed by atoms with Crippen LogP contribution in [-0.2, 0) is 0 Å². The van der Waals surface area contributed by atoms with Gasteiger partial charge in [-0.2, -0.15) is 0 Å². The van der Waals surface area contributed by atoms with Gasteiger partial charge in [0.15, 0.2) is 11.5 Å². The minimum atomic E-state index is 0.711. The van der Waals surface area contributed by atoms with Crippen molar-refractivity contribution in [2.24, 2.45) is 0 Å². The number of thiol groups is 1. The highest BCUT2D eigenvalue weighted by atomic mass is 127. The number of benzene rings is 1. The first-order valence-electron chi connectivity index (χ1n) is 3.29. The van der Waals surface area contributed by atoms with Crippen molar-refractivity contribution >= 4 is 35.2 Å². The third kappa shape index (κ3) is 1.98. The summed E-state index contributed by atoms with van der Waals surface area (Å²) in [7, 11) is 3.23. The van der Waals surface area contributed by atoms with E-state index in [0.717, 1.165) is 14.2 Å². The van der Waals surface area contributed by atoms with Crippen molar-refractivity contribution in [1.82, 2.24) is 0 Å². The summed E-state index contributed by atoms with van der Waals surface area (Å²) in [4.78, 5) is 0.897. The quantitative estimate of drug-likeness (QED) is 0.668. The minimum absolute atomic E-state index is 0.711. The molecule has 2 nitrogen and oxygen atoms in total. The molecule has 1 aromatic carbocycles. The topological polar surface area (TPSA) is 18.5 Å². The molecule has 0 heterocycles. The Balaban J connectivity index is 3.19. The number of hydrogen-bond donors (Lipinski definition) is 1. The van der Waals surface area contributed by atoms with Gasteiger partial charge in [0.1, 0.15) is 0 Å². The molecule has 0 aromatic heterocycles. The molecule has 0 unspecified atom stereocenters. The van der Waals surface area contributed by atoms with Crippen LogP contribution in [0.25, 0.3) is 0 Å². The molecule has 0 aliphatic rings. The van der Waals surface area contributed by atoms with E-state index in [1.807, 2.05) is 12.1 Å². The maximum atomic E-state index is 5.11. The molecular weight excluding hydrogens is 287 g/mol. The van der Waals surface area contributed by atoms with Crippen molar-refractivity contribution in [3.63, 3.8) is 0 Å². The molecule has 0 atom stereocenters. The summed E-state index contributed by atoms with van der Waals surface area (Å²) >= 11 is 6.46. The molecule has 0 amide bonds. The second-order valence-corrected chi connectivity index (χ2v) is 3.80. The highest BCUT2D eigenvalue weighted by Gasteiger charge is 2.06. The molecule has 4 heteroatoms. The Labute approximate surface area is 90.8 Å². The van der Waals surface area contributed by atoms with Gasteiger partial charge in [0, 0.05) is 8.47 Å². The molecule has 0 radical (unpaired) electrons. The van der Waals surface area contributed by atoms with E-state index in [1.54, 1.807) is 14.2 Å². The van der Waals surface area contributed by atoms with E-state index in [4.69, 9.17) is 9.47 Å². The lowest BCUT2D eigenvalue weighted by molar-refractivity contribution is 0.353. The zero-order valence-corrected chi connectivity index (χ0v) is 9.85. The zero-order chi connectivity index (χ0) is 9.14. The Morgan fingerprint density at radius 2 is 1.67 bits per heavy atom. The summed E-state index contributed by atoms with van der Waals surface area (Å²) in [5.74, 6) is 1.45. The number of halogens is 1. The van der Waals surface area contributed by atoms with Gasteiger partial charge >= 0.3 is 0 Å². The molecule has 0 saturated carbocycles. The fourth-order valence-electron chi connectivity index (χ4n) is 0.843. The minimum Gasteiger partial charge on any atom is -0.493 e. The van der Waals surface area contributed by atoms with Crippen LogP contribution < -0.4 is 9.47 Å². The van der Waals surface area contributed by atoms with Crippen LogP contribution in [0.1, 0.15) is 0 Å². The summed E-state index contributed by atoms with van der Waals surface area (Å²) in [6.45, 7) is 0. The molecule has 0 fully saturated rings. The van der Waals surface area contributed by atoms with E-state index in [9.17, 15) is 0 Å². The van der Waals surface area contributed by atoms with Crippen LogP contribution >= 0.6 is 35.2 Å². The van der Waals surface area contributed by atoms with Crippen molar-refractivity contribution in [2.45, 2.75) is 4.90 Å². The molecule has 0 saturated heterocycles. The predicted octanol–water partition coefficient (Wildman–Crippen LogP) is 2.60. The molecule has 66 valence electrons. The molecule has 12 heavy (non-hydrogen) atoms. The summed E-state index contributed by atoms with van der Waals surface area (Å²) in [6, 6.07) is 3.73. The number of rotatable bonds is 2. The van der Waals surface area contributed by atoms with Crippen molar-refractivity contribution in [1.29, 1.82) is 0 Å². The van der Waals surface area contributed by atoms with Crippen LogP contribution in [-0.4, -0.2) is 14.2 Å². The predicted molar refractivity (Wildman–Crippen MR) is 59.5 cm³/mol. The maximum absolute atomic E-state index is 5.11. The number of ether oxygens (including phenoxy) is 2. The molecule has 0 aliphatic carbocycles. The highest BCUT2D eigenvalue weighted by Crippen LogP contribution is 2.32. The first kappa shape index (κ1) is 9.98. The van der Waals surface area contributed by atoms with Crippen LogP contribution in [0.2, 0.25) is 0 Å². The summed E-state index contributed by atoms with van der Waals surface area (Å²) < 4.78 is 11.3. The Bertz CT molecular complexity index is 260. The van der Waals surface area contributed by atoms with Gasteiger partial charge in [-0.25, -0.2) is 0 Å². The highest BCUT2D eigenvalue weighted by molar-refractivity contribution is 14.1. The summed E-state index contributed by atoms with van der Waals surface area (Å²) in [5, 5.41) is 0. The van der Waals surface area contributed by atoms with Gasteiger partial charge in [0.05, 0.1) is 14.2 Å². The fourth-order valence-corrected chi connectivity index (χ4v) is 1.46. The van der Waals surface area contributed by atoms with Crippen molar-refractivity contribution in [3.05, 3.63) is 15.7 Å². The number of hydrogen-bond acceptors (Lipinski definition) is 3. The van der Waals surface area contributed by atoms with Gasteiger partial charge in [-0.1, -0.05) is 0 Å². The molecule has 1 rings (SSSR count). The Morgan fingerprint density at radius 1 is 1.17 bits per heavy atom. The van der Waals surface area contributed by atoms with Crippen molar-refractivity contribution < 1.29 is 9.47 Å². The van der Waals surface area contributed by atoms with E-state index >= 15 is 0 Å². The maximum Gasteiger partial charge on any atom is 0.161 e. The molecule has 0 aliphatic heterocycles. The van der Waals surface area contributed by atoms with E-state index in [2.05, 4.69) is 35.2 Å². The molecular formula is C8H9IO2S. The van der Waals surface area contributed by atoms with Crippen LogP contribution in [0, 0.1) is 3.57 Å². The smallest absolute Gasteiger partial charge is 0.161 e. The van der Waals surface area contributed by atoms with Crippen molar-refractivity contribution in [3.8, 4) is 11.5 Å². The van der Waals surface area contributed by atoms with Gasteiger partial charge in [0.2, 0.25) is 0 Å². The fraction of sp³-hybridized carbons (Fsp3) is 0.250. The molecule has 1 aromatic rings. The first-order valence-corrected chi connectivity index (χ1v) is 4.82. The Hall–Kier alpha value is -0.100. The van der Waals surface area contributed by atoms with Crippen LogP contribution in [0.4, 0.5) is 0 Å². The lowest BCUT2D eigenvalue weighted by Crippen LogP contribution is -1.91. The van der Waals surface area contributed by atoms with E-state index < -0.39 is 0 Å². The molecule has 0 bridgehead atoms. The van der Waals surface area contributed by atoms with Gasteiger partial charge in [-0.15, -0.1) is 12.6 Å². The Kier molecular flexibility index (Phi) is 3.52. The largest absolute Gasteiger partial charge is 0.493 e. The SMILES string of the molecule is COc1cc(S)c(I)cc1OC. The third-order valence-corrected chi connectivity index (χ3v) is 3.14. The second kappa shape index (κ2) is 4.23. The lowest BCUT2D eigenvalue weighted by atomic mass is 10.3. The van der Waals surface area contributed by atoms with Gasteiger partial charge in [-0.05, 0) is 34.7 Å². The standard InChI is InChI=1S/C8H9IO2S/c1-10-6-3-5(9)8(12)4-7(6)11-2/h3-4,12H,1-2H3. The van der Waals surface area contributed by atoms with E-state index in [1.165, 1.54) is 0 Å². The lowest BCUT2D eigenvalue weighted by Gasteiger charge is -2.08. The van der Waals surface area contributed by atoms with E-state index in [0.29, 0.717) is 5.75 Å². The van der Waals surface area contributed by atoms with Crippen LogP contribution in [0.3, 0.4) is 0 Å². The normalized spacial score (nSPS) is 9.67. The average molecular weight is 296 g/mol. The molecule has 0 N–H and O–H groups in total. The first-order chi connectivity index (χ1) is 5.69. The summed E-state index contributed by atoms with van der Waals surface area (Å²) in [6.07, 6.45) is 0.